The first-order valence-electron chi connectivity index (χ1n) is 5.15. The normalized spacial score (nSPS) is 36.1. The second kappa shape index (κ2) is 3.29. The highest BCUT2D eigenvalue weighted by atomic mass is 16.4. The minimum atomic E-state index is -0.633. The summed E-state index contributed by atoms with van der Waals surface area (Å²) in [5, 5.41) is 8.89. The van der Waals surface area contributed by atoms with E-state index in [-0.39, 0.29) is 5.92 Å². The molecule has 0 aliphatic carbocycles. The summed E-state index contributed by atoms with van der Waals surface area (Å²) in [5.41, 5.74) is 0. The van der Waals surface area contributed by atoms with Crippen molar-refractivity contribution in [2.24, 2.45) is 11.8 Å². The third-order valence-electron chi connectivity index (χ3n) is 3.64. The lowest BCUT2D eigenvalue weighted by Crippen LogP contribution is -2.25. The van der Waals surface area contributed by atoms with E-state index in [1.54, 1.807) is 0 Å². The van der Waals surface area contributed by atoms with Crippen LogP contribution in [0.25, 0.3) is 0 Å². The van der Waals surface area contributed by atoms with E-state index in [1.807, 2.05) is 6.92 Å². The molecule has 3 heteroatoms. The van der Waals surface area contributed by atoms with Crippen molar-refractivity contribution >= 4 is 5.97 Å². The zero-order valence-corrected chi connectivity index (χ0v) is 8.07. The van der Waals surface area contributed by atoms with E-state index in [9.17, 15) is 4.79 Å². The summed E-state index contributed by atoms with van der Waals surface area (Å²) < 4.78 is 0. The Bertz CT molecular complexity index is 205. The first kappa shape index (κ1) is 9.00. The van der Waals surface area contributed by atoms with Gasteiger partial charge in [0.25, 0.3) is 0 Å². The van der Waals surface area contributed by atoms with Gasteiger partial charge in [-0.25, -0.2) is 0 Å². The molecule has 0 saturated carbocycles. The van der Waals surface area contributed by atoms with E-state index < -0.39 is 5.97 Å². The molecule has 0 bridgehead atoms. The van der Waals surface area contributed by atoms with Gasteiger partial charge in [-0.3, -0.25) is 4.79 Å². The van der Waals surface area contributed by atoms with Crippen molar-refractivity contribution in [2.45, 2.75) is 32.2 Å². The monoisotopic (exact) mass is 183 g/mol. The third kappa shape index (κ3) is 1.57. The molecular formula is C10H17NO2. The largest absolute Gasteiger partial charge is 0.481 e. The minimum Gasteiger partial charge on any atom is -0.481 e. The van der Waals surface area contributed by atoms with Crippen LogP contribution in [0.5, 0.6) is 0 Å². The molecule has 0 radical (unpaired) electrons. The summed E-state index contributed by atoms with van der Waals surface area (Å²) in [4.78, 5) is 13.2. The van der Waals surface area contributed by atoms with Crippen LogP contribution in [-0.2, 0) is 4.79 Å². The zero-order chi connectivity index (χ0) is 9.42. The maximum absolute atomic E-state index is 10.8. The second-order valence-electron chi connectivity index (χ2n) is 4.41. The van der Waals surface area contributed by atoms with E-state index in [4.69, 9.17) is 5.11 Å². The van der Waals surface area contributed by atoms with Crippen molar-refractivity contribution in [3.63, 3.8) is 0 Å². The highest BCUT2D eigenvalue weighted by Gasteiger charge is 2.39. The molecule has 2 saturated heterocycles. The van der Waals surface area contributed by atoms with Gasteiger partial charge in [0.1, 0.15) is 0 Å². The summed E-state index contributed by atoms with van der Waals surface area (Å²) >= 11 is 0. The molecule has 2 fully saturated rings. The number of fused-ring (bicyclic) bond motifs is 1. The molecule has 0 aromatic carbocycles. The van der Waals surface area contributed by atoms with Gasteiger partial charge in [0, 0.05) is 12.6 Å². The lowest BCUT2D eigenvalue weighted by molar-refractivity contribution is -0.142. The van der Waals surface area contributed by atoms with Gasteiger partial charge in [-0.1, -0.05) is 6.92 Å². The van der Waals surface area contributed by atoms with Crippen LogP contribution in [-0.4, -0.2) is 35.1 Å². The highest BCUT2D eigenvalue weighted by molar-refractivity contribution is 5.69. The molecule has 3 atom stereocenters. The summed E-state index contributed by atoms with van der Waals surface area (Å²) in [5.74, 6) is -0.403. The predicted molar refractivity (Wildman–Crippen MR) is 49.5 cm³/mol. The van der Waals surface area contributed by atoms with E-state index in [1.165, 1.54) is 19.4 Å². The Morgan fingerprint density at radius 2 is 2.38 bits per heavy atom. The number of carboxylic acids is 1. The van der Waals surface area contributed by atoms with Crippen LogP contribution >= 0.6 is 0 Å². The molecule has 2 rings (SSSR count). The first-order chi connectivity index (χ1) is 6.18. The van der Waals surface area contributed by atoms with Gasteiger partial charge in [-0.2, -0.15) is 0 Å². The topological polar surface area (TPSA) is 40.5 Å². The fraction of sp³-hybridized carbons (Fsp3) is 0.900. The molecule has 13 heavy (non-hydrogen) atoms. The Labute approximate surface area is 78.7 Å². The van der Waals surface area contributed by atoms with Crippen molar-refractivity contribution in [2.75, 3.05) is 13.1 Å². The van der Waals surface area contributed by atoms with Crippen molar-refractivity contribution < 1.29 is 9.90 Å². The number of carbonyl (C=O) groups is 1. The number of carboxylic acid groups (broad SMARTS) is 1. The van der Waals surface area contributed by atoms with Crippen LogP contribution in [0.3, 0.4) is 0 Å². The second-order valence-corrected chi connectivity index (χ2v) is 4.41. The van der Waals surface area contributed by atoms with Crippen LogP contribution in [0.2, 0.25) is 0 Å². The van der Waals surface area contributed by atoms with Crippen LogP contribution in [0.1, 0.15) is 26.2 Å². The predicted octanol–water partition coefficient (Wildman–Crippen LogP) is 1.19. The van der Waals surface area contributed by atoms with Gasteiger partial charge in [-0.05, 0) is 31.7 Å². The van der Waals surface area contributed by atoms with Crippen LogP contribution in [0.4, 0.5) is 0 Å². The molecule has 3 unspecified atom stereocenters. The summed E-state index contributed by atoms with van der Waals surface area (Å²) in [6.45, 7) is 4.04. The van der Waals surface area contributed by atoms with E-state index >= 15 is 0 Å². The Balaban J connectivity index is 1.95. The lowest BCUT2D eigenvalue weighted by atomic mass is 9.91. The molecule has 0 amide bonds. The molecule has 2 heterocycles. The molecular weight excluding hydrogens is 166 g/mol. The van der Waals surface area contributed by atoms with Gasteiger partial charge >= 0.3 is 5.97 Å². The standard InChI is InChI=1S/C10H17NO2/c1-7(10(12)13)8-5-9-3-2-4-11(9)6-8/h7-9H,2-6H2,1H3,(H,12,13). The third-order valence-corrected chi connectivity index (χ3v) is 3.64. The Morgan fingerprint density at radius 1 is 1.62 bits per heavy atom. The van der Waals surface area contributed by atoms with E-state index in [0.717, 1.165) is 13.0 Å². The minimum absolute atomic E-state index is 0.161. The number of aliphatic carboxylic acids is 1. The van der Waals surface area contributed by atoms with Gasteiger partial charge < -0.3 is 10.0 Å². The molecule has 3 nitrogen and oxygen atoms in total. The number of nitrogens with zero attached hydrogens (tertiary/aromatic N) is 1. The average Bonchev–Trinajstić information content (AvgIpc) is 2.59. The maximum atomic E-state index is 10.8. The Hall–Kier alpha value is -0.570. The smallest absolute Gasteiger partial charge is 0.306 e. The molecule has 2 aliphatic heterocycles. The van der Waals surface area contributed by atoms with Crippen molar-refractivity contribution in [3.05, 3.63) is 0 Å². The van der Waals surface area contributed by atoms with Gasteiger partial charge in [0.15, 0.2) is 0 Å². The highest BCUT2D eigenvalue weighted by Crippen LogP contribution is 2.34. The Morgan fingerprint density at radius 3 is 3.00 bits per heavy atom. The van der Waals surface area contributed by atoms with E-state index in [2.05, 4.69) is 4.90 Å². The summed E-state index contributed by atoms with van der Waals surface area (Å²) in [6.07, 6.45) is 3.69. The zero-order valence-electron chi connectivity index (χ0n) is 8.07. The van der Waals surface area contributed by atoms with Crippen LogP contribution < -0.4 is 0 Å². The van der Waals surface area contributed by atoms with Gasteiger partial charge in [-0.15, -0.1) is 0 Å². The first-order valence-corrected chi connectivity index (χ1v) is 5.15. The summed E-state index contributed by atoms with van der Waals surface area (Å²) in [6, 6.07) is 0.701. The molecule has 2 aliphatic rings. The molecule has 0 aromatic heterocycles. The lowest BCUT2D eigenvalue weighted by Gasteiger charge is -2.15. The van der Waals surface area contributed by atoms with Crippen molar-refractivity contribution in [3.8, 4) is 0 Å². The molecule has 0 spiro atoms. The fourth-order valence-electron chi connectivity index (χ4n) is 2.69. The Kier molecular flexibility index (Phi) is 2.28. The quantitative estimate of drug-likeness (QED) is 0.699. The number of hydrogen-bond acceptors (Lipinski definition) is 2. The fourth-order valence-corrected chi connectivity index (χ4v) is 2.69. The average molecular weight is 183 g/mol. The maximum Gasteiger partial charge on any atom is 0.306 e. The number of hydrogen-bond donors (Lipinski definition) is 1. The van der Waals surface area contributed by atoms with Crippen LogP contribution in [0.15, 0.2) is 0 Å². The van der Waals surface area contributed by atoms with Gasteiger partial charge in [0.2, 0.25) is 0 Å². The SMILES string of the molecule is CC(C(=O)O)C1CC2CCCN2C1. The van der Waals surface area contributed by atoms with Gasteiger partial charge in [0.05, 0.1) is 5.92 Å². The van der Waals surface area contributed by atoms with E-state index in [0.29, 0.717) is 12.0 Å². The molecule has 74 valence electrons. The summed E-state index contributed by atoms with van der Waals surface area (Å²) in [7, 11) is 0. The van der Waals surface area contributed by atoms with Crippen LogP contribution in [0, 0.1) is 11.8 Å². The number of rotatable bonds is 2. The molecule has 0 aromatic rings. The van der Waals surface area contributed by atoms with Crippen molar-refractivity contribution in [1.29, 1.82) is 0 Å². The molecule has 1 N–H and O–H groups in total. The van der Waals surface area contributed by atoms with Crippen molar-refractivity contribution in [1.82, 2.24) is 4.90 Å².